The van der Waals surface area contributed by atoms with Gasteiger partial charge in [-0.15, -0.1) is 0 Å². The number of rotatable bonds is 4. The van der Waals surface area contributed by atoms with Gasteiger partial charge in [-0.1, -0.05) is 36.4 Å². The molecule has 2 rings (SSSR count). The second-order valence-corrected chi connectivity index (χ2v) is 4.76. The van der Waals surface area contributed by atoms with Gasteiger partial charge in [0.05, 0.1) is 6.61 Å². The molecule has 0 bridgehead atoms. The Balaban J connectivity index is 2.21. The zero-order chi connectivity index (χ0) is 13.7. The van der Waals surface area contributed by atoms with Crippen LogP contribution in [-0.4, -0.2) is 23.8 Å². The number of esters is 1. The highest BCUT2D eigenvalue weighted by atomic mass is 16.5. The van der Waals surface area contributed by atoms with Crippen LogP contribution in [0.2, 0.25) is 0 Å². The molecular weight excluding hydrogens is 240 g/mol. The molecule has 102 valence electrons. The fourth-order valence-electron chi connectivity index (χ4n) is 2.58. The van der Waals surface area contributed by atoms with E-state index in [1.807, 2.05) is 30.3 Å². The molecule has 0 aromatic heterocycles. The lowest BCUT2D eigenvalue weighted by Gasteiger charge is -2.27. The lowest BCUT2D eigenvalue weighted by Crippen LogP contribution is -2.33. The highest BCUT2D eigenvalue weighted by Crippen LogP contribution is 2.35. The summed E-state index contributed by atoms with van der Waals surface area (Å²) < 4.78 is 4.92. The first-order chi connectivity index (χ1) is 9.24. The number of carbonyl (C=O) groups excluding carboxylic acids is 1. The second kappa shape index (κ2) is 6.53. The Hall–Kier alpha value is -1.61. The van der Waals surface area contributed by atoms with Crippen LogP contribution in [-0.2, 0) is 9.53 Å². The standard InChI is InChI=1S/C16H20O3/c1-2-19-16(18)15(17)14-11-7-6-10-13(14)12-8-4-3-5-9-12/h3-5,8-10,14-15,17H,2,6-7,11H2,1H3/t14?,15-/m0/s1. The number of benzene rings is 1. The third-order valence-corrected chi connectivity index (χ3v) is 3.50. The topological polar surface area (TPSA) is 46.5 Å². The van der Waals surface area contributed by atoms with E-state index in [1.54, 1.807) is 6.92 Å². The molecule has 3 heteroatoms. The largest absolute Gasteiger partial charge is 0.464 e. The van der Waals surface area contributed by atoms with E-state index in [1.165, 1.54) is 0 Å². The van der Waals surface area contributed by atoms with E-state index in [0.29, 0.717) is 6.61 Å². The van der Waals surface area contributed by atoms with Gasteiger partial charge in [0.25, 0.3) is 0 Å². The second-order valence-electron chi connectivity index (χ2n) is 4.76. The van der Waals surface area contributed by atoms with Crippen LogP contribution in [0.15, 0.2) is 36.4 Å². The maximum absolute atomic E-state index is 11.7. The zero-order valence-electron chi connectivity index (χ0n) is 11.2. The minimum atomic E-state index is -1.06. The molecule has 1 unspecified atom stereocenters. The van der Waals surface area contributed by atoms with Gasteiger partial charge in [0.15, 0.2) is 6.10 Å². The molecule has 0 saturated carbocycles. The molecule has 3 nitrogen and oxygen atoms in total. The predicted molar refractivity (Wildman–Crippen MR) is 74.4 cm³/mol. The third-order valence-electron chi connectivity index (χ3n) is 3.50. The van der Waals surface area contributed by atoms with Crippen LogP contribution in [0.3, 0.4) is 0 Å². The van der Waals surface area contributed by atoms with E-state index in [-0.39, 0.29) is 5.92 Å². The quantitative estimate of drug-likeness (QED) is 0.847. The molecular formula is C16H20O3. The molecule has 0 radical (unpaired) electrons. The molecule has 0 saturated heterocycles. The molecule has 1 aliphatic carbocycles. The number of allylic oxidation sites excluding steroid dienone is 1. The number of carbonyl (C=O) groups is 1. The molecule has 0 spiro atoms. The van der Waals surface area contributed by atoms with Crippen LogP contribution in [0.25, 0.3) is 5.57 Å². The average molecular weight is 260 g/mol. The van der Waals surface area contributed by atoms with E-state index in [9.17, 15) is 9.90 Å². The number of hydrogen-bond acceptors (Lipinski definition) is 3. The number of ether oxygens (including phenoxy) is 1. The monoisotopic (exact) mass is 260 g/mol. The van der Waals surface area contributed by atoms with Crippen molar-refractivity contribution in [1.29, 1.82) is 0 Å². The van der Waals surface area contributed by atoms with Gasteiger partial charge in [-0.25, -0.2) is 4.79 Å². The van der Waals surface area contributed by atoms with Gasteiger partial charge in [-0.2, -0.15) is 0 Å². The number of hydrogen-bond donors (Lipinski definition) is 1. The van der Waals surface area contributed by atoms with Crippen molar-refractivity contribution < 1.29 is 14.6 Å². The fourth-order valence-corrected chi connectivity index (χ4v) is 2.58. The maximum atomic E-state index is 11.7. The van der Waals surface area contributed by atoms with Crippen molar-refractivity contribution >= 4 is 11.5 Å². The Morgan fingerprint density at radius 1 is 1.42 bits per heavy atom. The minimum absolute atomic E-state index is 0.157. The lowest BCUT2D eigenvalue weighted by atomic mass is 9.80. The summed E-state index contributed by atoms with van der Waals surface area (Å²) >= 11 is 0. The van der Waals surface area contributed by atoms with Gasteiger partial charge in [0.1, 0.15) is 0 Å². The van der Waals surface area contributed by atoms with Crippen LogP contribution in [0.4, 0.5) is 0 Å². The van der Waals surface area contributed by atoms with Crippen LogP contribution in [0.1, 0.15) is 31.7 Å². The molecule has 0 heterocycles. The van der Waals surface area contributed by atoms with Gasteiger partial charge >= 0.3 is 5.97 Å². The summed E-state index contributed by atoms with van der Waals surface area (Å²) in [6.45, 7) is 2.05. The first-order valence-corrected chi connectivity index (χ1v) is 6.84. The summed E-state index contributed by atoms with van der Waals surface area (Å²) in [5.74, 6) is -0.675. The molecule has 19 heavy (non-hydrogen) atoms. The highest BCUT2D eigenvalue weighted by molar-refractivity contribution is 5.80. The predicted octanol–water partition coefficient (Wildman–Crippen LogP) is 2.79. The molecule has 1 aliphatic rings. The van der Waals surface area contributed by atoms with Crippen molar-refractivity contribution in [3.05, 3.63) is 42.0 Å². The Morgan fingerprint density at radius 3 is 2.84 bits per heavy atom. The molecule has 0 aliphatic heterocycles. The maximum Gasteiger partial charge on any atom is 0.335 e. The van der Waals surface area contributed by atoms with Crippen molar-refractivity contribution in [2.45, 2.75) is 32.3 Å². The molecule has 1 N–H and O–H groups in total. The summed E-state index contributed by atoms with van der Waals surface area (Å²) in [4.78, 5) is 11.7. The van der Waals surface area contributed by atoms with Crippen LogP contribution in [0, 0.1) is 5.92 Å². The highest BCUT2D eigenvalue weighted by Gasteiger charge is 2.31. The van der Waals surface area contributed by atoms with Gasteiger partial charge < -0.3 is 9.84 Å². The van der Waals surface area contributed by atoms with E-state index in [2.05, 4.69) is 6.08 Å². The Kier molecular flexibility index (Phi) is 4.74. The zero-order valence-corrected chi connectivity index (χ0v) is 11.2. The Morgan fingerprint density at radius 2 is 2.16 bits per heavy atom. The lowest BCUT2D eigenvalue weighted by molar-refractivity contribution is -0.155. The first-order valence-electron chi connectivity index (χ1n) is 6.84. The van der Waals surface area contributed by atoms with Gasteiger partial charge in [0.2, 0.25) is 0 Å². The van der Waals surface area contributed by atoms with Crippen molar-refractivity contribution in [1.82, 2.24) is 0 Å². The summed E-state index contributed by atoms with van der Waals surface area (Å²) in [5, 5.41) is 10.2. The Labute approximate surface area is 113 Å². The van der Waals surface area contributed by atoms with Crippen molar-refractivity contribution in [3.8, 4) is 0 Å². The van der Waals surface area contributed by atoms with E-state index < -0.39 is 12.1 Å². The molecule has 1 aromatic carbocycles. The van der Waals surface area contributed by atoms with Gasteiger partial charge in [-0.3, -0.25) is 0 Å². The van der Waals surface area contributed by atoms with Crippen LogP contribution < -0.4 is 0 Å². The van der Waals surface area contributed by atoms with Crippen molar-refractivity contribution in [2.24, 2.45) is 5.92 Å². The smallest absolute Gasteiger partial charge is 0.335 e. The molecule has 0 amide bonds. The Bertz CT molecular complexity index is 450. The normalized spacial score (nSPS) is 20.5. The van der Waals surface area contributed by atoms with Crippen molar-refractivity contribution in [2.75, 3.05) is 6.61 Å². The summed E-state index contributed by atoms with van der Waals surface area (Å²) in [6, 6.07) is 9.94. The SMILES string of the molecule is CCOC(=O)[C@@H](O)C1CCCC=C1c1ccccc1. The number of aliphatic hydroxyl groups is 1. The molecule has 0 fully saturated rings. The molecule has 2 atom stereocenters. The van der Waals surface area contributed by atoms with Gasteiger partial charge in [0, 0.05) is 5.92 Å². The van der Waals surface area contributed by atoms with E-state index in [4.69, 9.17) is 4.74 Å². The van der Waals surface area contributed by atoms with E-state index in [0.717, 1.165) is 30.4 Å². The summed E-state index contributed by atoms with van der Waals surface area (Å²) in [6.07, 6.45) is 3.88. The fraction of sp³-hybridized carbons (Fsp3) is 0.438. The van der Waals surface area contributed by atoms with E-state index >= 15 is 0 Å². The van der Waals surface area contributed by atoms with Gasteiger partial charge in [-0.05, 0) is 37.3 Å². The summed E-state index contributed by atoms with van der Waals surface area (Å²) in [5.41, 5.74) is 2.14. The van der Waals surface area contributed by atoms with Crippen LogP contribution >= 0.6 is 0 Å². The first kappa shape index (κ1) is 13.8. The van der Waals surface area contributed by atoms with Crippen LogP contribution in [0.5, 0.6) is 0 Å². The minimum Gasteiger partial charge on any atom is -0.464 e. The third kappa shape index (κ3) is 3.24. The van der Waals surface area contributed by atoms with Crippen molar-refractivity contribution in [3.63, 3.8) is 0 Å². The summed E-state index contributed by atoms with van der Waals surface area (Å²) in [7, 11) is 0. The molecule has 1 aromatic rings. The number of aliphatic hydroxyl groups excluding tert-OH is 1. The average Bonchev–Trinajstić information content (AvgIpc) is 2.47.